The fourth-order valence-corrected chi connectivity index (χ4v) is 2.67. The average molecular weight is 345 g/mol. The average Bonchev–Trinajstić information content (AvgIpc) is 2.71. The van der Waals surface area contributed by atoms with E-state index in [-0.39, 0.29) is 0 Å². The summed E-state index contributed by atoms with van der Waals surface area (Å²) in [5, 5.41) is 4.08. The van der Waals surface area contributed by atoms with Crippen molar-refractivity contribution in [2.24, 2.45) is 0 Å². The molecular weight excluding hydrogens is 322 g/mol. The summed E-state index contributed by atoms with van der Waals surface area (Å²) >= 11 is 5.95. The number of halogens is 1. The molecule has 4 nitrogen and oxygen atoms in total. The Balaban J connectivity index is 1.93. The maximum Gasteiger partial charge on any atom is 0.497 e. The third kappa shape index (κ3) is 3.25. The molecule has 0 aliphatic carbocycles. The predicted octanol–water partition coefficient (Wildman–Crippen LogP) is 3.97. The van der Waals surface area contributed by atoms with Gasteiger partial charge in [0.05, 0.1) is 11.2 Å². The topological polar surface area (TPSA) is 56.5 Å². The molecule has 1 heterocycles. The smallest absolute Gasteiger partial charge is 0.399 e. The third-order valence-electron chi connectivity index (χ3n) is 4.71. The lowest BCUT2D eigenvalue weighted by Crippen LogP contribution is -2.41. The molecular formula is C18H22BClN2O2. The summed E-state index contributed by atoms with van der Waals surface area (Å²) < 4.78 is 12.3. The number of nitrogen functional groups attached to an aromatic ring is 1. The molecule has 0 unspecified atom stereocenters. The first-order chi connectivity index (χ1) is 11.2. The summed E-state index contributed by atoms with van der Waals surface area (Å²) in [6, 6.07) is 13.2. The number of benzene rings is 2. The molecule has 24 heavy (non-hydrogen) atoms. The van der Waals surface area contributed by atoms with E-state index in [0.29, 0.717) is 10.7 Å². The van der Waals surface area contributed by atoms with Crippen LogP contribution in [-0.2, 0) is 9.31 Å². The van der Waals surface area contributed by atoms with Gasteiger partial charge in [0.25, 0.3) is 0 Å². The minimum absolute atomic E-state index is 0.403. The second-order valence-corrected chi connectivity index (χ2v) is 7.50. The highest BCUT2D eigenvalue weighted by Gasteiger charge is 2.52. The standard InChI is InChI=1S/C18H22BClN2O2/c1-17(2)18(3,4)24-19(23-17)15-11-13(21)7-10-16(15)22-14-8-5-12(20)6-9-14/h5-11,22H,21H2,1-4H3. The maximum atomic E-state index is 6.16. The first-order valence-electron chi connectivity index (χ1n) is 7.96. The van der Waals surface area contributed by atoms with Gasteiger partial charge in [0.15, 0.2) is 0 Å². The SMILES string of the molecule is CC1(C)OB(c2cc(N)ccc2Nc2ccc(Cl)cc2)OC1(C)C. The largest absolute Gasteiger partial charge is 0.497 e. The van der Waals surface area contributed by atoms with Crippen LogP contribution < -0.4 is 16.5 Å². The Hall–Kier alpha value is -1.69. The van der Waals surface area contributed by atoms with E-state index in [4.69, 9.17) is 26.6 Å². The van der Waals surface area contributed by atoms with Crippen LogP contribution in [0.1, 0.15) is 27.7 Å². The summed E-state index contributed by atoms with van der Waals surface area (Å²) in [7, 11) is -0.478. The highest BCUT2D eigenvalue weighted by molar-refractivity contribution is 6.64. The van der Waals surface area contributed by atoms with Crippen LogP contribution >= 0.6 is 11.6 Å². The molecule has 3 N–H and O–H groups in total. The third-order valence-corrected chi connectivity index (χ3v) is 4.96. The molecule has 6 heteroatoms. The van der Waals surface area contributed by atoms with Gasteiger partial charge < -0.3 is 20.4 Å². The molecule has 1 fully saturated rings. The van der Waals surface area contributed by atoms with Gasteiger partial charge in [-0.3, -0.25) is 0 Å². The van der Waals surface area contributed by atoms with E-state index in [0.717, 1.165) is 16.8 Å². The Kier molecular flexibility index (Phi) is 4.28. The Morgan fingerprint density at radius 1 is 0.958 bits per heavy atom. The van der Waals surface area contributed by atoms with Crippen molar-refractivity contribution in [3.8, 4) is 0 Å². The van der Waals surface area contributed by atoms with Gasteiger partial charge in [0.1, 0.15) is 0 Å². The van der Waals surface area contributed by atoms with Crippen LogP contribution in [0.2, 0.25) is 5.02 Å². The van der Waals surface area contributed by atoms with E-state index in [9.17, 15) is 0 Å². The molecule has 0 aromatic heterocycles. The zero-order valence-corrected chi connectivity index (χ0v) is 15.1. The monoisotopic (exact) mass is 344 g/mol. The summed E-state index contributed by atoms with van der Waals surface area (Å²) in [6.45, 7) is 8.13. The fourth-order valence-electron chi connectivity index (χ4n) is 2.55. The molecule has 0 amide bonds. The number of nitrogens with two attached hydrogens (primary N) is 1. The molecule has 0 saturated carbocycles. The minimum Gasteiger partial charge on any atom is -0.399 e. The lowest BCUT2D eigenvalue weighted by Gasteiger charge is -2.32. The number of hydrogen-bond acceptors (Lipinski definition) is 4. The molecule has 0 spiro atoms. The van der Waals surface area contributed by atoms with Crippen molar-refractivity contribution in [1.82, 2.24) is 0 Å². The van der Waals surface area contributed by atoms with Crippen LogP contribution in [0, 0.1) is 0 Å². The van der Waals surface area contributed by atoms with Gasteiger partial charge in [-0.2, -0.15) is 0 Å². The van der Waals surface area contributed by atoms with Crippen molar-refractivity contribution in [2.45, 2.75) is 38.9 Å². The van der Waals surface area contributed by atoms with Gasteiger partial charge in [-0.05, 0) is 70.2 Å². The molecule has 0 bridgehead atoms. The summed E-state index contributed by atoms with van der Waals surface area (Å²) in [5.74, 6) is 0. The minimum atomic E-state index is -0.478. The molecule has 3 rings (SSSR count). The summed E-state index contributed by atoms with van der Waals surface area (Å²) in [6.07, 6.45) is 0. The van der Waals surface area contributed by atoms with Crippen LogP contribution in [0.3, 0.4) is 0 Å². The quantitative estimate of drug-likeness (QED) is 0.653. The lowest BCUT2D eigenvalue weighted by atomic mass is 9.77. The first kappa shape index (κ1) is 17.1. The summed E-state index contributed by atoms with van der Waals surface area (Å²) in [4.78, 5) is 0. The van der Waals surface area contributed by atoms with E-state index < -0.39 is 18.3 Å². The van der Waals surface area contributed by atoms with Crippen molar-refractivity contribution < 1.29 is 9.31 Å². The van der Waals surface area contributed by atoms with Gasteiger partial charge in [-0.15, -0.1) is 0 Å². The molecule has 1 saturated heterocycles. The number of anilines is 3. The van der Waals surface area contributed by atoms with Gasteiger partial charge in [-0.25, -0.2) is 0 Å². The zero-order chi connectivity index (χ0) is 17.5. The van der Waals surface area contributed by atoms with Crippen molar-refractivity contribution in [2.75, 3.05) is 11.1 Å². The van der Waals surface area contributed by atoms with Gasteiger partial charge in [0, 0.05) is 27.5 Å². The molecule has 2 aromatic rings. The maximum absolute atomic E-state index is 6.16. The van der Waals surface area contributed by atoms with E-state index in [2.05, 4.69) is 5.32 Å². The van der Waals surface area contributed by atoms with Crippen LogP contribution in [0.4, 0.5) is 17.1 Å². The predicted molar refractivity (Wildman–Crippen MR) is 101 cm³/mol. The molecule has 2 aromatic carbocycles. The van der Waals surface area contributed by atoms with Crippen LogP contribution in [0.5, 0.6) is 0 Å². The van der Waals surface area contributed by atoms with Gasteiger partial charge in [-0.1, -0.05) is 11.6 Å². The molecule has 0 atom stereocenters. The highest BCUT2D eigenvalue weighted by atomic mass is 35.5. The van der Waals surface area contributed by atoms with Crippen LogP contribution in [0.25, 0.3) is 0 Å². The van der Waals surface area contributed by atoms with Crippen molar-refractivity contribution >= 4 is 41.2 Å². The lowest BCUT2D eigenvalue weighted by molar-refractivity contribution is 0.00578. The number of hydrogen-bond donors (Lipinski definition) is 2. The second kappa shape index (κ2) is 5.99. The summed E-state index contributed by atoms with van der Waals surface area (Å²) in [5.41, 5.74) is 8.55. The van der Waals surface area contributed by atoms with Crippen LogP contribution in [0.15, 0.2) is 42.5 Å². The Morgan fingerprint density at radius 3 is 2.12 bits per heavy atom. The first-order valence-corrected chi connectivity index (χ1v) is 8.33. The van der Waals surface area contributed by atoms with Gasteiger partial charge >= 0.3 is 7.12 Å². The normalized spacial score (nSPS) is 18.6. The van der Waals surface area contributed by atoms with Gasteiger partial charge in [0.2, 0.25) is 0 Å². The second-order valence-electron chi connectivity index (χ2n) is 7.07. The zero-order valence-electron chi connectivity index (χ0n) is 14.4. The van der Waals surface area contributed by atoms with E-state index in [1.807, 2.05) is 70.2 Å². The fraction of sp³-hybridized carbons (Fsp3) is 0.333. The molecule has 1 aliphatic heterocycles. The van der Waals surface area contributed by atoms with E-state index in [1.54, 1.807) is 0 Å². The molecule has 1 aliphatic rings. The highest BCUT2D eigenvalue weighted by Crippen LogP contribution is 2.37. The Bertz CT molecular complexity index is 731. The molecule has 126 valence electrons. The van der Waals surface area contributed by atoms with Crippen molar-refractivity contribution in [3.05, 3.63) is 47.5 Å². The molecule has 0 radical (unpaired) electrons. The van der Waals surface area contributed by atoms with E-state index >= 15 is 0 Å². The van der Waals surface area contributed by atoms with Crippen molar-refractivity contribution in [3.63, 3.8) is 0 Å². The number of rotatable bonds is 3. The van der Waals surface area contributed by atoms with E-state index in [1.165, 1.54) is 0 Å². The Labute approximate surface area is 148 Å². The number of nitrogens with one attached hydrogen (secondary N) is 1. The van der Waals surface area contributed by atoms with Crippen molar-refractivity contribution in [1.29, 1.82) is 0 Å². The Morgan fingerprint density at radius 2 is 1.54 bits per heavy atom. The van der Waals surface area contributed by atoms with Crippen LogP contribution in [-0.4, -0.2) is 18.3 Å².